The van der Waals surface area contributed by atoms with Gasteiger partial charge in [0.2, 0.25) is 0 Å². The molecule has 0 aromatic heterocycles. The van der Waals surface area contributed by atoms with E-state index in [4.69, 9.17) is 6.42 Å². The van der Waals surface area contributed by atoms with E-state index in [0.29, 0.717) is 13.0 Å². The van der Waals surface area contributed by atoms with E-state index in [-0.39, 0.29) is 6.04 Å². The molecular formula is C15H19NO2. The Kier molecular flexibility index (Phi) is 3.20. The van der Waals surface area contributed by atoms with E-state index in [1.807, 2.05) is 42.3 Å². The van der Waals surface area contributed by atoms with Crippen LogP contribution in [0.15, 0.2) is 30.3 Å². The van der Waals surface area contributed by atoms with Gasteiger partial charge in [-0.3, -0.25) is 4.90 Å². The van der Waals surface area contributed by atoms with Crippen LogP contribution >= 0.6 is 0 Å². The molecule has 2 rings (SSSR count). The van der Waals surface area contributed by atoms with Crippen LogP contribution in [0.3, 0.4) is 0 Å². The highest BCUT2D eigenvalue weighted by Crippen LogP contribution is 2.40. The summed E-state index contributed by atoms with van der Waals surface area (Å²) >= 11 is 0. The van der Waals surface area contributed by atoms with Crippen LogP contribution in [0.25, 0.3) is 0 Å². The molecule has 2 N–H and O–H groups in total. The highest BCUT2D eigenvalue weighted by molar-refractivity contribution is 5.27. The van der Waals surface area contributed by atoms with Gasteiger partial charge in [0.1, 0.15) is 5.60 Å². The van der Waals surface area contributed by atoms with Gasteiger partial charge in [0.05, 0.1) is 0 Å². The molecule has 96 valence electrons. The Morgan fingerprint density at radius 1 is 1.33 bits per heavy atom. The first kappa shape index (κ1) is 13.1. The molecule has 0 aliphatic carbocycles. The standard InChI is InChI=1S/C15H19NO2/c1-4-15(18)10-13(12-8-6-5-7-9-12)16(3)11-14(15,2)17/h1,5-9,13,17-18H,10-11H2,2-3H3/t13-,14-,15-/m0/s1. The maximum absolute atomic E-state index is 10.4. The summed E-state index contributed by atoms with van der Waals surface area (Å²) in [7, 11) is 1.93. The van der Waals surface area contributed by atoms with Crippen LogP contribution in [-0.2, 0) is 0 Å². The van der Waals surface area contributed by atoms with Crippen molar-refractivity contribution in [1.29, 1.82) is 0 Å². The van der Waals surface area contributed by atoms with Crippen molar-refractivity contribution in [2.24, 2.45) is 0 Å². The van der Waals surface area contributed by atoms with E-state index in [1.54, 1.807) is 6.92 Å². The van der Waals surface area contributed by atoms with Crippen molar-refractivity contribution in [1.82, 2.24) is 4.90 Å². The quantitative estimate of drug-likeness (QED) is 0.730. The van der Waals surface area contributed by atoms with E-state index < -0.39 is 11.2 Å². The van der Waals surface area contributed by atoms with E-state index in [9.17, 15) is 10.2 Å². The molecule has 18 heavy (non-hydrogen) atoms. The molecule has 3 nitrogen and oxygen atoms in total. The summed E-state index contributed by atoms with van der Waals surface area (Å²) in [5.74, 6) is 2.37. The number of hydrogen-bond acceptors (Lipinski definition) is 3. The molecule has 1 aliphatic rings. The number of terminal acetylenes is 1. The third-order valence-electron chi connectivity index (χ3n) is 3.89. The van der Waals surface area contributed by atoms with Crippen molar-refractivity contribution >= 4 is 0 Å². The largest absolute Gasteiger partial charge is 0.385 e. The minimum Gasteiger partial charge on any atom is -0.385 e. The van der Waals surface area contributed by atoms with Crippen LogP contribution in [0, 0.1) is 12.3 Å². The van der Waals surface area contributed by atoms with E-state index in [1.165, 1.54) is 0 Å². The molecule has 0 bridgehead atoms. The van der Waals surface area contributed by atoms with Crippen molar-refractivity contribution in [3.8, 4) is 12.3 Å². The Labute approximate surface area is 108 Å². The molecule has 1 aromatic carbocycles. The lowest BCUT2D eigenvalue weighted by molar-refractivity contribution is -0.159. The van der Waals surface area contributed by atoms with E-state index in [2.05, 4.69) is 5.92 Å². The third kappa shape index (κ3) is 2.04. The van der Waals surface area contributed by atoms with Crippen molar-refractivity contribution in [2.75, 3.05) is 13.6 Å². The number of rotatable bonds is 1. The zero-order valence-electron chi connectivity index (χ0n) is 10.8. The predicted octanol–water partition coefficient (Wildman–Crippen LogP) is 1.18. The second-order valence-electron chi connectivity index (χ2n) is 5.32. The average Bonchev–Trinajstić information content (AvgIpc) is 2.34. The van der Waals surface area contributed by atoms with Crippen molar-refractivity contribution in [2.45, 2.75) is 30.6 Å². The number of hydrogen-bond donors (Lipinski definition) is 2. The molecule has 0 saturated carbocycles. The Balaban J connectivity index is 2.34. The minimum atomic E-state index is -1.49. The van der Waals surface area contributed by atoms with Gasteiger partial charge in [0, 0.05) is 19.0 Å². The Bertz CT molecular complexity index is 463. The minimum absolute atomic E-state index is 0.0208. The monoisotopic (exact) mass is 245 g/mol. The Morgan fingerprint density at radius 2 is 1.94 bits per heavy atom. The van der Waals surface area contributed by atoms with Gasteiger partial charge < -0.3 is 10.2 Å². The number of aliphatic hydroxyl groups is 2. The lowest BCUT2D eigenvalue weighted by atomic mass is 9.74. The molecule has 1 aliphatic heterocycles. The number of β-amino-alcohol motifs (C(OH)–C–C–N with tert-alkyl or cyclic N) is 1. The summed E-state index contributed by atoms with van der Waals surface area (Å²) in [5.41, 5.74) is -1.67. The molecule has 0 unspecified atom stereocenters. The highest BCUT2D eigenvalue weighted by atomic mass is 16.4. The maximum atomic E-state index is 10.4. The summed E-state index contributed by atoms with van der Waals surface area (Å²) in [6.07, 6.45) is 5.75. The number of likely N-dealkylation sites (tertiary alicyclic amines) is 1. The Morgan fingerprint density at radius 3 is 2.50 bits per heavy atom. The van der Waals surface area contributed by atoms with Gasteiger partial charge in [-0.25, -0.2) is 0 Å². The zero-order valence-corrected chi connectivity index (χ0v) is 10.8. The first-order valence-electron chi connectivity index (χ1n) is 6.07. The van der Waals surface area contributed by atoms with Gasteiger partial charge in [0.15, 0.2) is 5.60 Å². The second-order valence-corrected chi connectivity index (χ2v) is 5.32. The van der Waals surface area contributed by atoms with Crippen LogP contribution in [0.2, 0.25) is 0 Å². The van der Waals surface area contributed by atoms with Gasteiger partial charge in [-0.2, -0.15) is 0 Å². The lowest BCUT2D eigenvalue weighted by Gasteiger charge is -2.49. The molecule has 0 radical (unpaired) electrons. The third-order valence-corrected chi connectivity index (χ3v) is 3.89. The normalized spacial score (nSPS) is 37.2. The summed E-state index contributed by atoms with van der Waals surface area (Å²) < 4.78 is 0. The summed E-state index contributed by atoms with van der Waals surface area (Å²) in [4.78, 5) is 2.03. The van der Waals surface area contributed by atoms with Gasteiger partial charge in [-0.05, 0) is 19.5 Å². The van der Waals surface area contributed by atoms with Crippen LogP contribution in [-0.4, -0.2) is 39.9 Å². The van der Waals surface area contributed by atoms with Gasteiger partial charge in [-0.15, -0.1) is 6.42 Å². The summed E-state index contributed by atoms with van der Waals surface area (Å²) in [5, 5.41) is 20.7. The number of benzene rings is 1. The summed E-state index contributed by atoms with van der Waals surface area (Å²) in [6, 6.07) is 9.93. The predicted molar refractivity (Wildman–Crippen MR) is 70.8 cm³/mol. The first-order chi connectivity index (χ1) is 8.39. The number of likely N-dealkylation sites (N-methyl/N-ethyl adjacent to an activating group) is 1. The average molecular weight is 245 g/mol. The van der Waals surface area contributed by atoms with Crippen molar-refractivity contribution < 1.29 is 10.2 Å². The smallest absolute Gasteiger partial charge is 0.156 e. The fourth-order valence-corrected chi connectivity index (χ4v) is 2.64. The Hall–Kier alpha value is -1.34. The fraction of sp³-hybridized carbons (Fsp3) is 0.467. The molecule has 3 heteroatoms. The molecule has 1 saturated heterocycles. The van der Waals surface area contributed by atoms with Gasteiger partial charge >= 0.3 is 0 Å². The fourth-order valence-electron chi connectivity index (χ4n) is 2.64. The van der Waals surface area contributed by atoms with Crippen LogP contribution in [0.4, 0.5) is 0 Å². The molecule has 1 fully saturated rings. The maximum Gasteiger partial charge on any atom is 0.156 e. The summed E-state index contributed by atoms with van der Waals surface area (Å²) in [6.45, 7) is 1.93. The molecule has 0 amide bonds. The topological polar surface area (TPSA) is 43.7 Å². The van der Waals surface area contributed by atoms with Crippen molar-refractivity contribution in [3.05, 3.63) is 35.9 Å². The molecule has 1 aromatic rings. The molecule has 3 atom stereocenters. The zero-order chi connectivity index (χ0) is 13.4. The number of nitrogens with zero attached hydrogens (tertiary/aromatic N) is 1. The van der Waals surface area contributed by atoms with E-state index in [0.717, 1.165) is 5.56 Å². The molecule has 1 heterocycles. The second kappa shape index (κ2) is 4.40. The molecular weight excluding hydrogens is 226 g/mol. The van der Waals surface area contributed by atoms with Gasteiger partial charge in [-0.1, -0.05) is 36.3 Å². The number of piperidine rings is 1. The highest BCUT2D eigenvalue weighted by Gasteiger charge is 2.51. The van der Waals surface area contributed by atoms with E-state index >= 15 is 0 Å². The first-order valence-corrected chi connectivity index (χ1v) is 6.07. The van der Waals surface area contributed by atoms with Crippen molar-refractivity contribution in [3.63, 3.8) is 0 Å². The van der Waals surface area contributed by atoms with Crippen LogP contribution in [0.5, 0.6) is 0 Å². The SMILES string of the molecule is C#C[C@]1(O)C[C@@H](c2ccccc2)N(C)C[C@]1(C)O. The molecule has 0 spiro atoms. The van der Waals surface area contributed by atoms with Crippen LogP contribution in [0.1, 0.15) is 24.9 Å². The lowest BCUT2D eigenvalue weighted by Crippen LogP contribution is -2.62. The van der Waals surface area contributed by atoms with Crippen LogP contribution < -0.4 is 0 Å². The van der Waals surface area contributed by atoms with Gasteiger partial charge in [0.25, 0.3) is 0 Å².